The summed E-state index contributed by atoms with van der Waals surface area (Å²) in [5.74, 6) is 5.15. The molecular weight excluding hydrogens is 154 g/mol. The first-order valence-corrected chi connectivity index (χ1v) is 3.38. The molecule has 0 atom stereocenters. The molecule has 0 radical (unpaired) electrons. The number of hydrogen-bond acceptors (Lipinski definition) is 3. The van der Waals surface area contributed by atoms with Crippen LogP contribution in [0.2, 0.25) is 0 Å². The lowest BCUT2D eigenvalue weighted by molar-refractivity contribution is 0.111. The van der Waals surface area contributed by atoms with Crippen molar-refractivity contribution in [3.63, 3.8) is 0 Å². The Morgan fingerprint density at radius 3 is 2.92 bits per heavy atom. The van der Waals surface area contributed by atoms with Crippen LogP contribution in [0.3, 0.4) is 0 Å². The summed E-state index contributed by atoms with van der Waals surface area (Å²) in [6.45, 7) is -0.171. The smallest absolute Gasteiger partial charge is 0.168 e. The number of rotatable bonds is 1. The first kappa shape index (κ1) is 8.44. The van der Waals surface area contributed by atoms with Crippen LogP contribution in [0.5, 0.6) is 0 Å². The Morgan fingerprint density at radius 2 is 2.42 bits per heavy atom. The van der Waals surface area contributed by atoms with Crippen LogP contribution in [0.1, 0.15) is 16.1 Å². The molecule has 0 aliphatic carbocycles. The third-order valence-electron chi connectivity index (χ3n) is 1.22. The molecule has 0 spiro atoms. The van der Waals surface area contributed by atoms with Gasteiger partial charge < -0.3 is 5.11 Å². The van der Waals surface area contributed by atoms with E-state index < -0.39 is 0 Å². The molecule has 3 heteroatoms. The highest BCUT2D eigenvalue weighted by atomic mass is 16.2. The Bertz CT molecular complexity index is 319. The van der Waals surface area contributed by atoms with E-state index in [-0.39, 0.29) is 6.61 Å². The Morgan fingerprint density at radius 1 is 1.58 bits per heavy atom. The van der Waals surface area contributed by atoms with Crippen LogP contribution >= 0.6 is 0 Å². The minimum absolute atomic E-state index is 0.171. The molecule has 0 bridgehead atoms. The van der Waals surface area contributed by atoms with Crippen molar-refractivity contribution in [3.05, 3.63) is 29.6 Å². The zero-order valence-corrected chi connectivity index (χ0v) is 6.32. The minimum Gasteiger partial charge on any atom is -0.384 e. The predicted molar refractivity (Wildman–Crippen MR) is 43.6 cm³/mol. The van der Waals surface area contributed by atoms with E-state index in [1.54, 1.807) is 12.1 Å². The lowest BCUT2D eigenvalue weighted by atomic mass is 10.2. The van der Waals surface area contributed by atoms with Crippen molar-refractivity contribution in [2.24, 2.45) is 0 Å². The van der Waals surface area contributed by atoms with Crippen LogP contribution in [0.15, 0.2) is 18.3 Å². The van der Waals surface area contributed by atoms with Gasteiger partial charge in [-0.2, -0.15) is 0 Å². The summed E-state index contributed by atoms with van der Waals surface area (Å²) < 4.78 is 0. The van der Waals surface area contributed by atoms with Crippen LogP contribution in [0.4, 0.5) is 0 Å². The summed E-state index contributed by atoms with van der Waals surface area (Å²) in [4.78, 5) is 14.0. The van der Waals surface area contributed by atoms with Crippen molar-refractivity contribution in [1.82, 2.24) is 4.98 Å². The summed E-state index contributed by atoms with van der Waals surface area (Å²) in [6.07, 6.45) is 2.16. The molecule has 0 aliphatic heterocycles. The van der Waals surface area contributed by atoms with Gasteiger partial charge in [0.25, 0.3) is 0 Å². The molecular formula is C9H7NO2. The van der Waals surface area contributed by atoms with Gasteiger partial charge in [-0.05, 0) is 12.1 Å². The Kier molecular flexibility index (Phi) is 3.00. The van der Waals surface area contributed by atoms with Gasteiger partial charge in [0.15, 0.2) is 6.29 Å². The number of aliphatic hydroxyl groups is 1. The Labute approximate surface area is 70.1 Å². The van der Waals surface area contributed by atoms with E-state index in [9.17, 15) is 4.79 Å². The maximum Gasteiger partial charge on any atom is 0.168 e. The van der Waals surface area contributed by atoms with Gasteiger partial charge in [-0.3, -0.25) is 9.78 Å². The molecule has 0 saturated carbocycles. The van der Waals surface area contributed by atoms with Gasteiger partial charge >= 0.3 is 0 Å². The fourth-order valence-electron chi connectivity index (χ4n) is 0.691. The van der Waals surface area contributed by atoms with Gasteiger partial charge in [0.2, 0.25) is 0 Å². The molecule has 12 heavy (non-hydrogen) atoms. The van der Waals surface area contributed by atoms with Crippen LogP contribution in [-0.2, 0) is 0 Å². The molecule has 0 aromatic carbocycles. The van der Waals surface area contributed by atoms with E-state index in [2.05, 4.69) is 16.8 Å². The SMILES string of the molecule is O=Cc1ccc(C#CCO)cn1. The van der Waals surface area contributed by atoms with Crippen molar-refractivity contribution in [2.45, 2.75) is 0 Å². The van der Waals surface area contributed by atoms with E-state index >= 15 is 0 Å². The van der Waals surface area contributed by atoms with Gasteiger partial charge in [-0.15, -0.1) is 0 Å². The summed E-state index contributed by atoms with van der Waals surface area (Å²) in [6, 6.07) is 3.26. The Balaban J connectivity index is 2.84. The third kappa shape index (κ3) is 2.19. The number of pyridine rings is 1. The number of aldehydes is 1. The van der Waals surface area contributed by atoms with Gasteiger partial charge in [0, 0.05) is 11.8 Å². The Hall–Kier alpha value is -1.66. The molecule has 1 heterocycles. The molecule has 1 N–H and O–H groups in total. The van der Waals surface area contributed by atoms with E-state index in [0.29, 0.717) is 17.5 Å². The van der Waals surface area contributed by atoms with Gasteiger partial charge in [0.05, 0.1) is 0 Å². The molecule has 1 aromatic heterocycles. The molecule has 60 valence electrons. The molecule has 3 nitrogen and oxygen atoms in total. The fraction of sp³-hybridized carbons (Fsp3) is 0.111. The number of aliphatic hydroxyl groups excluding tert-OH is 1. The largest absolute Gasteiger partial charge is 0.384 e. The summed E-state index contributed by atoms with van der Waals surface area (Å²) in [7, 11) is 0. The zero-order chi connectivity index (χ0) is 8.81. The number of carbonyl (C=O) groups excluding carboxylic acids is 1. The monoisotopic (exact) mass is 161 g/mol. The summed E-state index contributed by atoms with van der Waals surface area (Å²) >= 11 is 0. The topological polar surface area (TPSA) is 50.2 Å². The van der Waals surface area contributed by atoms with Crippen LogP contribution in [0, 0.1) is 11.8 Å². The van der Waals surface area contributed by atoms with E-state index in [0.717, 1.165) is 0 Å². The predicted octanol–water partition coefficient (Wildman–Crippen LogP) is 0.238. The van der Waals surface area contributed by atoms with Gasteiger partial charge in [0.1, 0.15) is 12.3 Å². The molecule has 0 amide bonds. The lowest BCUT2D eigenvalue weighted by Crippen LogP contribution is -1.86. The second-order valence-electron chi connectivity index (χ2n) is 2.05. The number of hydrogen-bond donors (Lipinski definition) is 1. The number of nitrogens with zero attached hydrogens (tertiary/aromatic N) is 1. The van der Waals surface area contributed by atoms with E-state index in [1.807, 2.05) is 0 Å². The van der Waals surface area contributed by atoms with E-state index in [4.69, 9.17) is 5.11 Å². The van der Waals surface area contributed by atoms with E-state index in [1.165, 1.54) is 6.20 Å². The van der Waals surface area contributed by atoms with Crippen LogP contribution < -0.4 is 0 Å². The first-order chi connectivity index (χ1) is 5.86. The number of aromatic nitrogens is 1. The third-order valence-corrected chi connectivity index (χ3v) is 1.22. The highest BCUT2D eigenvalue weighted by molar-refractivity contribution is 5.71. The van der Waals surface area contributed by atoms with Crippen molar-refractivity contribution in [3.8, 4) is 11.8 Å². The molecule has 0 saturated heterocycles. The zero-order valence-electron chi connectivity index (χ0n) is 6.32. The van der Waals surface area contributed by atoms with Crippen molar-refractivity contribution in [2.75, 3.05) is 6.61 Å². The first-order valence-electron chi connectivity index (χ1n) is 3.38. The van der Waals surface area contributed by atoms with Crippen LogP contribution in [-0.4, -0.2) is 23.0 Å². The average molecular weight is 161 g/mol. The molecule has 1 aromatic rings. The maximum absolute atomic E-state index is 10.2. The second-order valence-corrected chi connectivity index (χ2v) is 2.05. The number of carbonyl (C=O) groups is 1. The standard InChI is InChI=1S/C9H7NO2/c11-5-1-2-8-3-4-9(7-12)10-6-8/h3-4,6-7,11H,5H2. The highest BCUT2D eigenvalue weighted by Crippen LogP contribution is 1.95. The lowest BCUT2D eigenvalue weighted by Gasteiger charge is -1.89. The molecule has 0 unspecified atom stereocenters. The second kappa shape index (κ2) is 4.27. The highest BCUT2D eigenvalue weighted by Gasteiger charge is 1.89. The van der Waals surface area contributed by atoms with Crippen LogP contribution in [0.25, 0.3) is 0 Å². The average Bonchev–Trinajstić information content (AvgIpc) is 2.15. The van der Waals surface area contributed by atoms with Crippen molar-refractivity contribution >= 4 is 6.29 Å². The van der Waals surface area contributed by atoms with Gasteiger partial charge in [-0.25, -0.2) is 0 Å². The molecule has 1 rings (SSSR count). The maximum atomic E-state index is 10.2. The summed E-state index contributed by atoms with van der Waals surface area (Å²) in [5, 5.41) is 8.38. The quantitative estimate of drug-likeness (QED) is 0.474. The van der Waals surface area contributed by atoms with Crippen molar-refractivity contribution < 1.29 is 9.90 Å². The normalized spacial score (nSPS) is 8.42. The minimum atomic E-state index is -0.171. The van der Waals surface area contributed by atoms with Crippen molar-refractivity contribution in [1.29, 1.82) is 0 Å². The molecule has 0 aliphatic rings. The summed E-state index contributed by atoms with van der Waals surface area (Å²) in [5.41, 5.74) is 1.07. The van der Waals surface area contributed by atoms with Gasteiger partial charge in [-0.1, -0.05) is 11.8 Å². The molecule has 0 fully saturated rings. The fourth-order valence-corrected chi connectivity index (χ4v) is 0.691.